The van der Waals surface area contributed by atoms with Gasteiger partial charge in [-0.1, -0.05) is 11.6 Å². The molecular weight excluding hydrogens is 433 g/mol. The van der Waals surface area contributed by atoms with E-state index in [4.69, 9.17) is 26.8 Å². The van der Waals surface area contributed by atoms with E-state index in [2.05, 4.69) is 15.4 Å². The van der Waals surface area contributed by atoms with Crippen molar-refractivity contribution in [3.8, 4) is 5.75 Å². The number of nitrogens with zero attached hydrogens (tertiary/aromatic N) is 3. The van der Waals surface area contributed by atoms with Crippen molar-refractivity contribution in [2.45, 2.75) is 12.5 Å². The molecule has 8 nitrogen and oxygen atoms in total. The Balaban J connectivity index is 0.000000806. The molecule has 1 unspecified atom stereocenters. The lowest BCUT2D eigenvalue weighted by atomic mass is 10.2. The van der Waals surface area contributed by atoms with Crippen molar-refractivity contribution < 1.29 is 18.7 Å². The van der Waals surface area contributed by atoms with E-state index < -0.39 is 11.7 Å². The summed E-state index contributed by atoms with van der Waals surface area (Å²) in [6.45, 7) is 1.05. The van der Waals surface area contributed by atoms with Gasteiger partial charge in [-0.25, -0.2) is 13.9 Å². The average Bonchev–Trinajstić information content (AvgIpc) is 3.33. The molecule has 11 heteroatoms. The van der Waals surface area contributed by atoms with E-state index in [0.29, 0.717) is 36.0 Å². The molecule has 0 spiro atoms. The topological polar surface area (TPSA) is 104 Å². The second-order valence-electron chi connectivity index (χ2n) is 6.40. The average molecular weight is 454 g/mol. The molecule has 0 bridgehead atoms. The van der Waals surface area contributed by atoms with Gasteiger partial charge in [0, 0.05) is 18.7 Å². The summed E-state index contributed by atoms with van der Waals surface area (Å²) in [6, 6.07) is 4.12. The number of rotatable bonds is 5. The van der Waals surface area contributed by atoms with Crippen LogP contribution in [0.1, 0.15) is 16.8 Å². The Bertz CT molecular complexity index is 1040. The first-order chi connectivity index (χ1) is 14.4. The van der Waals surface area contributed by atoms with Crippen LogP contribution in [0.25, 0.3) is 5.52 Å². The van der Waals surface area contributed by atoms with E-state index in [1.54, 1.807) is 11.8 Å². The lowest BCUT2D eigenvalue weighted by molar-refractivity contribution is 0.100. The number of nitrogens with one attached hydrogen (secondary N) is 1. The van der Waals surface area contributed by atoms with Gasteiger partial charge in [0.05, 0.1) is 29.5 Å². The van der Waals surface area contributed by atoms with Gasteiger partial charge in [-0.2, -0.15) is 16.9 Å². The molecule has 1 fully saturated rings. The number of nitrogens with two attached hydrogens (primary N) is 1. The molecule has 160 valence electrons. The van der Waals surface area contributed by atoms with Crippen molar-refractivity contribution in [1.29, 1.82) is 0 Å². The summed E-state index contributed by atoms with van der Waals surface area (Å²) >= 11 is 8.03. The highest BCUT2D eigenvalue weighted by molar-refractivity contribution is 7.97. The summed E-state index contributed by atoms with van der Waals surface area (Å²) in [5, 5.41) is 7.23. The number of hydrogen-bond donors (Lipinski definition) is 2. The number of fused-ring (bicyclic) bond motifs is 1. The van der Waals surface area contributed by atoms with E-state index in [1.165, 1.54) is 35.2 Å². The Hall–Kier alpha value is -2.56. The molecule has 1 saturated heterocycles. The molecule has 0 radical (unpaired) electrons. The number of carbonyl (C=O) groups excluding carboxylic acids is 1. The number of primary amides is 1. The second-order valence-corrected chi connectivity index (χ2v) is 7.59. The number of benzene rings is 1. The van der Waals surface area contributed by atoms with Gasteiger partial charge in [-0.15, -0.1) is 0 Å². The standard InChI is InChI=1S/C17H15ClFN5O3.C2H6S/c18-14-11(16(20)25)6-24-15(14)17(21-8-22-24)23-12-2-1-9(19)5-13(12)27-10-3-4-26-7-10;1-3-2/h1-2,5-6,8,10H,3-4,7H2,(H2,20,25)(H,21,22,23);1-2H3. The Morgan fingerprint density at radius 2 is 2.23 bits per heavy atom. The van der Waals surface area contributed by atoms with Crippen LogP contribution in [0, 0.1) is 5.82 Å². The van der Waals surface area contributed by atoms with Crippen LogP contribution in [-0.4, -0.2) is 52.3 Å². The zero-order valence-electron chi connectivity index (χ0n) is 16.4. The van der Waals surface area contributed by atoms with E-state index >= 15 is 0 Å². The fourth-order valence-corrected chi connectivity index (χ4v) is 3.17. The third kappa shape index (κ3) is 4.94. The number of amides is 1. The SMILES string of the molecule is CSC.NC(=O)c1cn2ncnc(Nc3ccc(F)cc3OC3CCOC3)c2c1Cl. The smallest absolute Gasteiger partial charge is 0.251 e. The highest BCUT2D eigenvalue weighted by atomic mass is 35.5. The van der Waals surface area contributed by atoms with Crippen LogP contribution in [0.3, 0.4) is 0 Å². The van der Waals surface area contributed by atoms with Crippen LogP contribution in [0.4, 0.5) is 15.9 Å². The van der Waals surface area contributed by atoms with Gasteiger partial charge in [0.15, 0.2) is 5.82 Å². The fourth-order valence-electron chi connectivity index (χ4n) is 2.85. The highest BCUT2D eigenvalue weighted by Gasteiger charge is 2.21. The largest absolute Gasteiger partial charge is 0.486 e. The summed E-state index contributed by atoms with van der Waals surface area (Å²) < 4.78 is 26.3. The molecule has 3 heterocycles. The normalized spacial score (nSPS) is 15.5. The summed E-state index contributed by atoms with van der Waals surface area (Å²) in [4.78, 5) is 15.7. The van der Waals surface area contributed by atoms with Crippen LogP contribution in [0.15, 0.2) is 30.7 Å². The van der Waals surface area contributed by atoms with Gasteiger partial charge < -0.3 is 20.5 Å². The van der Waals surface area contributed by atoms with E-state index in [9.17, 15) is 9.18 Å². The van der Waals surface area contributed by atoms with Gasteiger partial charge in [0.1, 0.15) is 29.5 Å². The Labute approximate surface area is 181 Å². The minimum absolute atomic E-state index is 0.124. The highest BCUT2D eigenvalue weighted by Crippen LogP contribution is 2.34. The maximum atomic E-state index is 13.7. The van der Waals surface area contributed by atoms with Crippen LogP contribution in [0.2, 0.25) is 5.02 Å². The third-order valence-electron chi connectivity index (χ3n) is 4.16. The van der Waals surface area contributed by atoms with Crippen molar-refractivity contribution in [2.24, 2.45) is 5.73 Å². The predicted octanol–water partition coefficient (Wildman–Crippen LogP) is 3.51. The molecule has 2 aromatic heterocycles. The quantitative estimate of drug-likeness (QED) is 0.609. The van der Waals surface area contributed by atoms with E-state index in [1.807, 2.05) is 12.5 Å². The van der Waals surface area contributed by atoms with E-state index in [0.717, 1.165) is 6.42 Å². The minimum Gasteiger partial charge on any atom is -0.486 e. The maximum absolute atomic E-state index is 13.7. The first kappa shape index (κ1) is 22.1. The van der Waals surface area contributed by atoms with Gasteiger partial charge in [-0.3, -0.25) is 4.79 Å². The lowest BCUT2D eigenvalue weighted by Gasteiger charge is -2.17. The summed E-state index contributed by atoms with van der Waals surface area (Å²) in [6.07, 6.45) is 7.37. The second kappa shape index (κ2) is 9.96. The Kier molecular flexibility index (Phi) is 7.35. The molecule has 1 amide bonds. The number of thioether (sulfide) groups is 1. The van der Waals surface area contributed by atoms with Crippen molar-refractivity contribution in [3.63, 3.8) is 0 Å². The zero-order valence-corrected chi connectivity index (χ0v) is 18.0. The van der Waals surface area contributed by atoms with Gasteiger partial charge >= 0.3 is 0 Å². The molecule has 1 aliphatic rings. The molecule has 0 aliphatic carbocycles. The van der Waals surface area contributed by atoms with Crippen molar-refractivity contribution in [1.82, 2.24) is 14.6 Å². The number of anilines is 2. The van der Waals surface area contributed by atoms with Crippen molar-refractivity contribution >= 4 is 46.3 Å². The predicted molar refractivity (Wildman–Crippen MR) is 115 cm³/mol. The van der Waals surface area contributed by atoms with Crippen molar-refractivity contribution in [3.05, 3.63) is 47.1 Å². The molecule has 4 rings (SSSR count). The number of carbonyl (C=O) groups is 1. The molecule has 30 heavy (non-hydrogen) atoms. The zero-order chi connectivity index (χ0) is 21.7. The number of hydrogen-bond acceptors (Lipinski definition) is 7. The number of ether oxygens (including phenoxy) is 2. The first-order valence-electron chi connectivity index (χ1n) is 8.97. The molecule has 0 saturated carbocycles. The van der Waals surface area contributed by atoms with Crippen molar-refractivity contribution in [2.75, 3.05) is 31.0 Å². The summed E-state index contributed by atoms with van der Waals surface area (Å²) in [7, 11) is 0. The van der Waals surface area contributed by atoms with Crippen LogP contribution in [-0.2, 0) is 4.74 Å². The van der Waals surface area contributed by atoms with E-state index in [-0.39, 0.29) is 16.7 Å². The first-order valence-corrected chi connectivity index (χ1v) is 11.0. The molecular formula is C19H21ClFN5O3S. The van der Waals surface area contributed by atoms with Gasteiger partial charge in [-0.05, 0) is 24.6 Å². The Morgan fingerprint density at radius 1 is 1.47 bits per heavy atom. The Morgan fingerprint density at radius 3 is 2.90 bits per heavy atom. The molecule has 1 aromatic carbocycles. The fraction of sp³-hybridized carbons (Fsp3) is 0.316. The molecule has 1 atom stereocenters. The maximum Gasteiger partial charge on any atom is 0.251 e. The minimum atomic E-state index is -0.677. The number of aromatic nitrogens is 3. The van der Waals surface area contributed by atoms with Gasteiger partial charge in [0.25, 0.3) is 5.91 Å². The molecule has 1 aliphatic heterocycles. The van der Waals surface area contributed by atoms with Gasteiger partial charge in [0.2, 0.25) is 0 Å². The summed E-state index contributed by atoms with van der Waals surface area (Å²) in [5.74, 6) is -0.468. The van der Waals surface area contributed by atoms with Crippen LogP contribution < -0.4 is 15.8 Å². The molecule has 3 aromatic rings. The third-order valence-corrected chi connectivity index (χ3v) is 4.54. The lowest BCUT2D eigenvalue weighted by Crippen LogP contribution is -2.16. The monoisotopic (exact) mass is 453 g/mol. The molecule has 3 N–H and O–H groups in total. The number of halogens is 2. The summed E-state index contributed by atoms with van der Waals surface area (Å²) in [5.41, 5.74) is 6.31. The van der Waals surface area contributed by atoms with Crippen LogP contribution in [0.5, 0.6) is 5.75 Å². The van der Waals surface area contributed by atoms with Crippen LogP contribution >= 0.6 is 23.4 Å².